The second-order valence-electron chi connectivity index (χ2n) is 5.06. The summed E-state index contributed by atoms with van der Waals surface area (Å²) in [5.41, 5.74) is 2.18. The average molecular weight is 306 g/mol. The number of hydrogen-bond donors (Lipinski definition) is 0. The molecule has 2 aromatic rings. The minimum Gasteiger partial charge on any atom is -0.370 e. The molecule has 0 radical (unpaired) electrons. The molecule has 0 saturated carbocycles. The molecule has 0 amide bonds. The van der Waals surface area contributed by atoms with Crippen LogP contribution in [-0.4, -0.2) is 23.3 Å². The van der Waals surface area contributed by atoms with Gasteiger partial charge in [0.25, 0.3) is 0 Å². The van der Waals surface area contributed by atoms with Crippen LogP contribution in [0.5, 0.6) is 0 Å². The zero-order valence-electron chi connectivity index (χ0n) is 10.4. The first-order valence-corrected chi connectivity index (χ1v) is 7.19. The van der Waals surface area contributed by atoms with E-state index in [1.165, 1.54) is 23.9 Å². The Labute approximate surface area is 115 Å². The van der Waals surface area contributed by atoms with Crippen LogP contribution in [0.25, 0.3) is 10.9 Å². The molecule has 1 aliphatic rings. The Bertz CT molecular complexity index is 562. The van der Waals surface area contributed by atoms with E-state index in [1.807, 2.05) is 18.3 Å². The van der Waals surface area contributed by atoms with Gasteiger partial charge in [0.2, 0.25) is 0 Å². The number of anilines is 1. The number of rotatable bonds is 1. The summed E-state index contributed by atoms with van der Waals surface area (Å²) in [5.74, 6) is 0.842. The van der Waals surface area contributed by atoms with Gasteiger partial charge in [0.1, 0.15) is 0 Å². The summed E-state index contributed by atoms with van der Waals surface area (Å²) < 4.78 is 1.09. The number of halogens is 1. The highest BCUT2D eigenvalue weighted by Gasteiger charge is 2.18. The number of benzene rings is 1. The van der Waals surface area contributed by atoms with E-state index in [0.29, 0.717) is 0 Å². The molecule has 3 rings (SSSR count). The first-order chi connectivity index (χ1) is 8.74. The molecule has 2 heterocycles. The highest BCUT2D eigenvalue weighted by molar-refractivity contribution is 9.10. The van der Waals surface area contributed by atoms with Crippen LogP contribution in [0.4, 0.5) is 5.69 Å². The van der Waals surface area contributed by atoms with Crippen molar-refractivity contribution in [1.29, 1.82) is 0 Å². The summed E-state index contributed by atoms with van der Waals surface area (Å²) in [6, 6.07) is 6.17. The maximum atomic E-state index is 4.20. The fraction of sp³-hybridized carbons (Fsp3) is 0.429. The lowest BCUT2D eigenvalue weighted by Gasteiger charge is -2.32. The standard InChI is InChI=1S/C14H16BrN3/c1-10-4-6-18(7-5-10)14-9-16-17-13-3-2-11(15)8-12(13)14/h2-3,8-10H,4-7H2,1H3. The van der Waals surface area contributed by atoms with Crippen molar-refractivity contribution >= 4 is 32.5 Å². The van der Waals surface area contributed by atoms with Gasteiger partial charge in [0.15, 0.2) is 0 Å². The molecule has 0 spiro atoms. The van der Waals surface area contributed by atoms with Crippen LogP contribution >= 0.6 is 15.9 Å². The third-order valence-electron chi connectivity index (χ3n) is 3.70. The fourth-order valence-corrected chi connectivity index (χ4v) is 2.88. The molecule has 1 saturated heterocycles. The topological polar surface area (TPSA) is 29.0 Å². The van der Waals surface area contributed by atoms with E-state index in [2.05, 4.69) is 44.0 Å². The minimum absolute atomic E-state index is 0.842. The number of piperidine rings is 1. The van der Waals surface area contributed by atoms with Gasteiger partial charge >= 0.3 is 0 Å². The van der Waals surface area contributed by atoms with Gasteiger partial charge in [0, 0.05) is 22.9 Å². The Hall–Kier alpha value is -1.16. The number of nitrogens with zero attached hydrogens (tertiary/aromatic N) is 3. The molecular formula is C14H16BrN3. The van der Waals surface area contributed by atoms with Gasteiger partial charge in [-0.2, -0.15) is 10.2 Å². The van der Waals surface area contributed by atoms with Crippen molar-refractivity contribution in [2.45, 2.75) is 19.8 Å². The van der Waals surface area contributed by atoms with Crippen LogP contribution in [-0.2, 0) is 0 Å². The summed E-state index contributed by atoms with van der Waals surface area (Å²) in [7, 11) is 0. The Morgan fingerprint density at radius 2 is 2.06 bits per heavy atom. The fourth-order valence-electron chi connectivity index (χ4n) is 2.52. The van der Waals surface area contributed by atoms with Crippen LogP contribution in [0.3, 0.4) is 0 Å². The van der Waals surface area contributed by atoms with E-state index in [4.69, 9.17) is 0 Å². The van der Waals surface area contributed by atoms with Gasteiger partial charge in [-0.25, -0.2) is 0 Å². The molecular weight excluding hydrogens is 290 g/mol. The summed E-state index contributed by atoms with van der Waals surface area (Å²) in [5, 5.41) is 9.51. The van der Waals surface area contributed by atoms with Crippen molar-refractivity contribution in [2.75, 3.05) is 18.0 Å². The zero-order chi connectivity index (χ0) is 12.5. The predicted octanol–water partition coefficient (Wildman–Crippen LogP) is 3.63. The van der Waals surface area contributed by atoms with Crippen molar-refractivity contribution in [3.05, 3.63) is 28.9 Å². The van der Waals surface area contributed by atoms with Gasteiger partial charge in [-0.1, -0.05) is 22.9 Å². The Kier molecular flexibility index (Phi) is 3.20. The van der Waals surface area contributed by atoms with Gasteiger partial charge < -0.3 is 4.90 Å². The summed E-state index contributed by atoms with van der Waals surface area (Å²) in [6.45, 7) is 4.57. The molecule has 18 heavy (non-hydrogen) atoms. The second kappa shape index (κ2) is 4.84. The van der Waals surface area contributed by atoms with E-state index in [9.17, 15) is 0 Å². The van der Waals surface area contributed by atoms with Gasteiger partial charge in [-0.05, 0) is 37.0 Å². The lowest BCUT2D eigenvalue weighted by atomic mass is 9.98. The van der Waals surface area contributed by atoms with Crippen molar-refractivity contribution in [1.82, 2.24) is 10.2 Å². The third-order valence-corrected chi connectivity index (χ3v) is 4.20. The Balaban J connectivity index is 2.03. The lowest BCUT2D eigenvalue weighted by molar-refractivity contribution is 0.439. The number of aromatic nitrogens is 2. The van der Waals surface area contributed by atoms with E-state index < -0.39 is 0 Å². The zero-order valence-corrected chi connectivity index (χ0v) is 12.0. The van der Waals surface area contributed by atoms with Crippen molar-refractivity contribution in [3.63, 3.8) is 0 Å². The maximum absolute atomic E-state index is 4.20. The van der Waals surface area contributed by atoms with Crippen LogP contribution in [0.1, 0.15) is 19.8 Å². The van der Waals surface area contributed by atoms with Crippen LogP contribution in [0, 0.1) is 5.92 Å². The highest BCUT2D eigenvalue weighted by Crippen LogP contribution is 2.30. The molecule has 0 bridgehead atoms. The second-order valence-corrected chi connectivity index (χ2v) is 5.98. The molecule has 0 aliphatic carbocycles. The summed E-state index contributed by atoms with van der Waals surface area (Å²) in [4.78, 5) is 2.43. The molecule has 1 aliphatic heterocycles. The van der Waals surface area contributed by atoms with Crippen molar-refractivity contribution < 1.29 is 0 Å². The Morgan fingerprint density at radius 1 is 1.28 bits per heavy atom. The molecule has 1 fully saturated rings. The predicted molar refractivity (Wildman–Crippen MR) is 77.8 cm³/mol. The first kappa shape index (κ1) is 11.9. The Morgan fingerprint density at radius 3 is 2.83 bits per heavy atom. The summed E-state index contributed by atoms with van der Waals surface area (Å²) >= 11 is 3.53. The van der Waals surface area contributed by atoms with E-state index in [1.54, 1.807) is 0 Å². The minimum atomic E-state index is 0.842. The maximum Gasteiger partial charge on any atom is 0.0951 e. The van der Waals surface area contributed by atoms with Crippen LogP contribution < -0.4 is 4.90 Å². The van der Waals surface area contributed by atoms with Crippen molar-refractivity contribution in [2.24, 2.45) is 5.92 Å². The first-order valence-electron chi connectivity index (χ1n) is 6.40. The van der Waals surface area contributed by atoms with Gasteiger partial charge in [0.05, 0.1) is 17.4 Å². The molecule has 4 heteroatoms. The quantitative estimate of drug-likeness (QED) is 0.805. The molecule has 3 nitrogen and oxygen atoms in total. The molecule has 0 unspecified atom stereocenters. The van der Waals surface area contributed by atoms with E-state index >= 15 is 0 Å². The molecule has 1 aromatic carbocycles. The lowest BCUT2D eigenvalue weighted by Crippen LogP contribution is -2.33. The molecule has 94 valence electrons. The monoisotopic (exact) mass is 305 g/mol. The summed E-state index contributed by atoms with van der Waals surface area (Å²) in [6.07, 6.45) is 4.42. The smallest absolute Gasteiger partial charge is 0.0951 e. The van der Waals surface area contributed by atoms with Crippen LogP contribution in [0.15, 0.2) is 28.9 Å². The van der Waals surface area contributed by atoms with Crippen LogP contribution in [0.2, 0.25) is 0 Å². The normalized spacial score (nSPS) is 17.3. The SMILES string of the molecule is CC1CCN(c2cnnc3ccc(Br)cc23)CC1. The van der Waals surface area contributed by atoms with Gasteiger partial charge in [-0.15, -0.1) is 0 Å². The third kappa shape index (κ3) is 2.21. The van der Waals surface area contributed by atoms with E-state index in [0.717, 1.165) is 29.0 Å². The largest absolute Gasteiger partial charge is 0.370 e. The average Bonchev–Trinajstić information content (AvgIpc) is 2.39. The number of hydrogen-bond acceptors (Lipinski definition) is 3. The van der Waals surface area contributed by atoms with Gasteiger partial charge in [-0.3, -0.25) is 0 Å². The van der Waals surface area contributed by atoms with Crippen molar-refractivity contribution in [3.8, 4) is 0 Å². The molecule has 0 atom stereocenters. The highest BCUT2D eigenvalue weighted by atomic mass is 79.9. The number of fused-ring (bicyclic) bond motifs is 1. The molecule has 0 N–H and O–H groups in total. The van der Waals surface area contributed by atoms with E-state index in [-0.39, 0.29) is 0 Å². The molecule has 1 aromatic heterocycles.